The molecule has 0 radical (unpaired) electrons. The van der Waals surface area contributed by atoms with Crippen molar-refractivity contribution in [2.24, 2.45) is 5.73 Å². The predicted molar refractivity (Wildman–Crippen MR) is 60.8 cm³/mol. The highest BCUT2D eigenvalue weighted by Gasteiger charge is 2.13. The Morgan fingerprint density at radius 2 is 2.44 bits per heavy atom. The van der Waals surface area contributed by atoms with E-state index in [1.165, 1.54) is 7.11 Å². The van der Waals surface area contributed by atoms with E-state index in [0.29, 0.717) is 13.0 Å². The third-order valence-electron chi connectivity index (χ3n) is 2.46. The molecule has 0 aromatic carbocycles. The molecule has 0 aliphatic rings. The van der Waals surface area contributed by atoms with Gasteiger partial charge in [0.2, 0.25) is 0 Å². The Kier molecular flexibility index (Phi) is 4.98. The smallest absolute Gasteiger partial charge is 0.322 e. The minimum absolute atomic E-state index is 0.364. The van der Waals surface area contributed by atoms with Crippen LogP contribution < -0.4 is 5.73 Å². The molecular weight excluding hydrogens is 206 g/mol. The number of hydrogen-bond acceptors (Lipinski definition) is 4. The largest absolute Gasteiger partial charge is 0.468 e. The summed E-state index contributed by atoms with van der Waals surface area (Å²) in [5, 5.41) is 0. The first-order valence-corrected chi connectivity index (χ1v) is 5.52. The van der Waals surface area contributed by atoms with Gasteiger partial charge >= 0.3 is 5.97 Å². The fraction of sp³-hybridized carbons (Fsp3) is 0.636. The molecule has 0 aliphatic heterocycles. The van der Waals surface area contributed by atoms with Crippen LogP contribution >= 0.6 is 0 Å². The van der Waals surface area contributed by atoms with Gasteiger partial charge in [0.1, 0.15) is 11.9 Å². The molecule has 0 saturated heterocycles. The second kappa shape index (κ2) is 6.27. The van der Waals surface area contributed by atoms with E-state index in [1.807, 2.05) is 10.8 Å². The first kappa shape index (κ1) is 12.7. The van der Waals surface area contributed by atoms with Crippen molar-refractivity contribution in [1.29, 1.82) is 0 Å². The first-order chi connectivity index (χ1) is 7.69. The summed E-state index contributed by atoms with van der Waals surface area (Å²) in [6, 6.07) is -0.554. The average molecular weight is 225 g/mol. The highest BCUT2D eigenvalue weighted by Crippen LogP contribution is 2.04. The zero-order chi connectivity index (χ0) is 12.0. The molecule has 90 valence electrons. The maximum atomic E-state index is 11.1. The third-order valence-corrected chi connectivity index (χ3v) is 2.46. The molecular formula is C11H19N3O2. The second-order valence-corrected chi connectivity index (χ2v) is 3.71. The van der Waals surface area contributed by atoms with Crippen LogP contribution in [0.25, 0.3) is 0 Å². The lowest BCUT2D eigenvalue weighted by atomic mass is 10.2. The molecule has 0 aliphatic carbocycles. The van der Waals surface area contributed by atoms with Gasteiger partial charge in [-0.05, 0) is 12.8 Å². The van der Waals surface area contributed by atoms with E-state index in [2.05, 4.69) is 16.6 Å². The van der Waals surface area contributed by atoms with Crippen molar-refractivity contribution < 1.29 is 9.53 Å². The van der Waals surface area contributed by atoms with E-state index in [0.717, 1.165) is 18.7 Å². The quantitative estimate of drug-likeness (QED) is 0.724. The van der Waals surface area contributed by atoms with E-state index < -0.39 is 6.04 Å². The molecule has 0 saturated carbocycles. The molecule has 1 aromatic heterocycles. The molecule has 1 heterocycles. The van der Waals surface area contributed by atoms with Crippen molar-refractivity contribution in [3.05, 3.63) is 18.2 Å². The van der Waals surface area contributed by atoms with Crippen molar-refractivity contribution in [1.82, 2.24) is 9.55 Å². The van der Waals surface area contributed by atoms with Crippen molar-refractivity contribution in [2.75, 3.05) is 7.11 Å². The molecule has 1 atom stereocenters. The van der Waals surface area contributed by atoms with Crippen LogP contribution in [0.2, 0.25) is 0 Å². The average Bonchev–Trinajstić information content (AvgIpc) is 2.73. The molecule has 16 heavy (non-hydrogen) atoms. The van der Waals surface area contributed by atoms with Crippen LogP contribution in [0.5, 0.6) is 0 Å². The molecule has 5 heteroatoms. The number of aryl methyl sites for hydroxylation is 2. The maximum absolute atomic E-state index is 11.1. The Morgan fingerprint density at radius 1 is 1.69 bits per heavy atom. The number of rotatable bonds is 6. The van der Waals surface area contributed by atoms with Crippen LogP contribution in [0.1, 0.15) is 25.6 Å². The molecule has 5 nitrogen and oxygen atoms in total. The number of carbonyl (C=O) groups is 1. The summed E-state index contributed by atoms with van der Waals surface area (Å²) in [7, 11) is 1.35. The minimum Gasteiger partial charge on any atom is -0.468 e. The molecule has 0 spiro atoms. The number of methoxy groups -OCH3 is 1. The van der Waals surface area contributed by atoms with E-state index in [-0.39, 0.29) is 5.97 Å². The van der Waals surface area contributed by atoms with Crippen LogP contribution in [0.4, 0.5) is 0 Å². The Bertz CT molecular complexity index is 336. The molecule has 2 N–H and O–H groups in total. The summed E-state index contributed by atoms with van der Waals surface area (Å²) in [4.78, 5) is 15.4. The third kappa shape index (κ3) is 3.34. The fourth-order valence-electron chi connectivity index (χ4n) is 1.54. The van der Waals surface area contributed by atoms with Crippen LogP contribution in [-0.2, 0) is 22.5 Å². The SMILES string of the molecule is CCCc1nccn1CCC(N)C(=O)OC. The molecule has 0 fully saturated rings. The fourth-order valence-corrected chi connectivity index (χ4v) is 1.54. The van der Waals surface area contributed by atoms with Gasteiger partial charge < -0.3 is 15.0 Å². The number of nitrogens with two attached hydrogens (primary N) is 1. The van der Waals surface area contributed by atoms with Gasteiger partial charge in [0.15, 0.2) is 0 Å². The van der Waals surface area contributed by atoms with Gasteiger partial charge in [-0.2, -0.15) is 0 Å². The summed E-state index contributed by atoms with van der Waals surface area (Å²) in [6.07, 6.45) is 6.25. The first-order valence-electron chi connectivity index (χ1n) is 5.52. The summed E-state index contributed by atoms with van der Waals surface area (Å²) < 4.78 is 6.60. The van der Waals surface area contributed by atoms with Crippen molar-refractivity contribution in [3.8, 4) is 0 Å². The van der Waals surface area contributed by atoms with Crippen LogP contribution in [-0.4, -0.2) is 28.7 Å². The standard InChI is InChI=1S/C11H19N3O2/c1-3-4-10-13-6-8-14(10)7-5-9(12)11(15)16-2/h6,8-9H,3-5,7,12H2,1-2H3. The van der Waals surface area contributed by atoms with Crippen LogP contribution in [0, 0.1) is 0 Å². The van der Waals surface area contributed by atoms with E-state index >= 15 is 0 Å². The minimum atomic E-state index is -0.554. The topological polar surface area (TPSA) is 70.1 Å². The van der Waals surface area contributed by atoms with Gasteiger partial charge in [0.25, 0.3) is 0 Å². The number of hydrogen-bond donors (Lipinski definition) is 1. The van der Waals surface area contributed by atoms with Crippen molar-refractivity contribution in [2.45, 2.75) is 38.8 Å². The predicted octanol–water partition coefficient (Wildman–Crippen LogP) is 0.726. The van der Waals surface area contributed by atoms with Gasteiger partial charge in [-0.3, -0.25) is 4.79 Å². The zero-order valence-electron chi connectivity index (χ0n) is 9.85. The number of ether oxygens (including phenoxy) is 1. The number of esters is 1. The lowest BCUT2D eigenvalue weighted by Crippen LogP contribution is -2.32. The van der Waals surface area contributed by atoms with E-state index in [1.54, 1.807) is 6.20 Å². The summed E-state index contributed by atoms with van der Waals surface area (Å²) in [5.41, 5.74) is 5.66. The monoisotopic (exact) mass is 225 g/mol. The molecule has 1 rings (SSSR count). The van der Waals surface area contributed by atoms with E-state index in [9.17, 15) is 4.79 Å². The maximum Gasteiger partial charge on any atom is 0.322 e. The van der Waals surface area contributed by atoms with Gasteiger partial charge in [-0.25, -0.2) is 4.98 Å². The highest BCUT2D eigenvalue weighted by molar-refractivity contribution is 5.75. The Hall–Kier alpha value is -1.36. The highest BCUT2D eigenvalue weighted by atomic mass is 16.5. The van der Waals surface area contributed by atoms with E-state index in [4.69, 9.17) is 5.73 Å². The number of aromatic nitrogens is 2. The molecule has 0 bridgehead atoms. The Balaban J connectivity index is 2.47. The Labute approximate surface area is 95.6 Å². The van der Waals surface area contributed by atoms with Crippen LogP contribution in [0.15, 0.2) is 12.4 Å². The molecule has 1 aromatic rings. The molecule has 1 unspecified atom stereocenters. The number of nitrogens with zero attached hydrogens (tertiary/aromatic N) is 2. The van der Waals surface area contributed by atoms with Crippen molar-refractivity contribution >= 4 is 5.97 Å². The van der Waals surface area contributed by atoms with Gasteiger partial charge in [0.05, 0.1) is 7.11 Å². The lowest BCUT2D eigenvalue weighted by molar-refractivity contribution is -0.142. The van der Waals surface area contributed by atoms with Crippen molar-refractivity contribution in [3.63, 3.8) is 0 Å². The lowest BCUT2D eigenvalue weighted by Gasteiger charge is -2.11. The van der Waals surface area contributed by atoms with Gasteiger partial charge in [-0.1, -0.05) is 6.92 Å². The molecule has 0 amide bonds. The summed E-state index contributed by atoms with van der Waals surface area (Å²) in [6.45, 7) is 2.81. The number of carbonyl (C=O) groups excluding carboxylic acids is 1. The summed E-state index contributed by atoms with van der Waals surface area (Å²) >= 11 is 0. The summed E-state index contributed by atoms with van der Waals surface area (Å²) in [5.74, 6) is 0.678. The number of imidazole rings is 1. The Morgan fingerprint density at radius 3 is 3.06 bits per heavy atom. The van der Waals surface area contributed by atoms with Gasteiger partial charge in [0, 0.05) is 25.4 Å². The zero-order valence-corrected chi connectivity index (χ0v) is 9.85. The van der Waals surface area contributed by atoms with Crippen LogP contribution in [0.3, 0.4) is 0 Å². The normalized spacial score (nSPS) is 12.4. The second-order valence-electron chi connectivity index (χ2n) is 3.71. The van der Waals surface area contributed by atoms with Gasteiger partial charge in [-0.15, -0.1) is 0 Å².